The number of benzene rings is 1. The molecule has 0 bridgehead atoms. The third kappa shape index (κ3) is 1.65. The van der Waals surface area contributed by atoms with Crippen LogP contribution in [-0.4, -0.2) is 7.11 Å². The molecular formula is C10H9ClHgO2. The van der Waals surface area contributed by atoms with Crippen molar-refractivity contribution in [1.29, 1.82) is 0 Å². The molecule has 0 amide bonds. The third-order valence-electron chi connectivity index (χ3n) is 2.36. The van der Waals surface area contributed by atoms with Crippen LogP contribution in [0, 0.1) is 6.92 Å². The molecule has 0 saturated heterocycles. The monoisotopic (exact) mass is 398 g/mol. The van der Waals surface area contributed by atoms with Crippen LogP contribution in [0.3, 0.4) is 0 Å². The number of hydrogen-bond donors (Lipinski definition) is 0. The zero-order valence-electron chi connectivity index (χ0n) is 8.13. The summed E-state index contributed by atoms with van der Waals surface area (Å²) in [5.74, 6) is 0.860. The molecule has 0 N–H and O–H groups in total. The Morgan fingerprint density at radius 2 is 2.21 bits per heavy atom. The van der Waals surface area contributed by atoms with Crippen molar-refractivity contribution in [2.75, 3.05) is 7.11 Å². The van der Waals surface area contributed by atoms with E-state index in [9.17, 15) is 0 Å². The quantitative estimate of drug-likeness (QED) is 0.728. The van der Waals surface area contributed by atoms with Gasteiger partial charge in [-0.2, -0.15) is 0 Å². The predicted molar refractivity (Wildman–Crippen MR) is 53.0 cm³/mol. The topological polar surface area (TPSA) is 22.4 Å². The van der Waals surface area contributed by atoms with Crippen LogP contribution in [0.5, 0.6) is 5.75 Å². The zero-order chi connectivity index (χ0) is 10.1. The van der Waals surface area contributed by atoms with E-state index in [4.69, 9.17) is 17.4 Å². The first-order valence-electron chi connectivity index (χ1n) is 4.38. The van der Waals surface area contributed by atoms with Gasteiger partial charge in [-0.15, -0.1) is 0 Å². The van der Waals surface area contributed by atoms with Crippen molar-refractivity contribution in [1.82, 2.24) is 0 Å². The average Bonchev–Trinajstić information content (AvgIpc) is 2.55. The average molecular weight is 397 g/mol. The van der Waals surface area contributed by atoms with Crippen molar-refractivity contribution in [3.8, 4) is 5.75 Å². The Labute approximate surface area is 98.1 Å². The fraction of sp³-hybridized carbons (Fsp3) is 0.200. The summed E-state index contributed by atoms with van der Waals surface area (Å²) < 4.78 is 11.9. The molecule has 14 heavy (non-hydrogen) atoms. The van der Waals surface area contributed by atoms with Crippen molar-refractivity contribution in [2.24, 2.45) is 0 Å². The molecule has 0 radical (unpaired) electrons. The maximum atomic E-state index is 5.97. The van der Waals surface area contributed by atoms with Crippen molar-refractivity contribution >= 4 is 22.5 Å². The molecule has 2 nitrogen and oxygen atoms in total. The normalized spacial score (nSPS) is 10.2. The van der Waals surface area contributed by atoms with Gasteiger partial charge in [0.25, 0.3) is 0 Å². The fourth-order valence-corrected chi connectivity index (χ4v) is 6.08. The van der Waals surface area contributed by atoms with E-state index in [1.807, 2.05) is 18.2 Å². The minimum atomic E-state index is -1.44. The molecule has 2 rings (SSSR count). The number of ether oxygens (including phenoxy) is 1. The Morgan fingerprint density at radius 3 is 2.86 bits per heavy atom. The fourth-order valence-electron chi connectivity index (χ4n) is 1.51. The van der Waals surface area contributed by atoms with E-state index in [-0.39, 0.29) is 0 Å². The number of furan rings is 1. The molecule has 2 aromatic rings. The molecular weight excluding hydrogens is 388 g/mol. The van der Waals surface area contributed by atoms with Gasteiger partial charge in [0.2, 0.25) is 0 Å². The SMILES string of the molecule is COc1ccc2o[c]([Hg][Cl])c(C)c2c1. The van der Waals surface area contributed by atoms with Crippen LogP contribution < -0.4 is 8.01 Å². The standard InChI is InChI=1S/C10H9O2.ClH.Hg/c1-7-6-12-10-4-3-8(11-2)5-9(7)10;;/h3-5H,1-2H3;1H;/q;;+1/p-1. The molecule has 0 saturated carbocycles. The molecule has 0 fully saturated rings. The molecule has 1 aromatic heterocycles. The van der Waals surface area contributed by atoms with Crippen molar-refractivity contribution < 1.29 is 32.5 Å². The number of hydrogen-bond acceptors (Lipinski definition) is 2. The molecule has 1 aromatic carbocycles. The summed E-state index contributed by atoms with van der Waals surface area (Å²) >= 11 is -1.44. The summed E-state index contributed by atoms with van der Waals surface area (Å²) in [5.41, 5.74) is 2.11. The molecule has 0 atom stereocenters. The van der Waals surface area contributed by atoms with Gasteiger partial charge in [0, 0.05) is 0 Å². The van der Waals surface area contributed by atoms with Crippen LogP contribution in [-0.2, 0) is 23.3 Å². The van der Waals surface area contributed by atoms with Gasteiger partial charge < -0.3 is 0 Å². The van der Waals surface area contributed by atoms with Gasteiger partial charge in [0.05, 0.1) is 0 Å². The second kappa shape index (κ2) is 4.11. The van der Waals surface area contributed by atoms with Crippen LogP contribution in [0.2, 0.25) is 0 Å². The van der Waals surface area contributed by atoms with Gasteiger partial charge in [-0.05, 0) is 0 Å². The number of methoxy groups -OCH3 is 1. The van der Waals surface area contributed by atoms with Crippen LogP contribution in [0.4, 0.5) is 0 Å². The van der Waals surface area contributed by atoms with Gasteiger partial charge >= 0.3 is 98.5 Å². The Hall–Kier alpha value is -0.215. The van der Waals surface area contributed by atoms with Crippen LogP contribution in [0.25, 0.3) is 11.0 Å². The minimum absolute atomic E-state index is 0.860. The van der Waals surface area contributed by atoms with Crippen molar-refractivity contribution in [2.45, 2.75) is 6.92 Å². The summed E-state index contributed by atoms with van der Waals surface area (Å²) in [4.78, 5) is 0. The van der Waals surface area contributed by atoms with Gasteiger partial charge in [0.1, 0.15) is 0 Å². The van der Waals surface area contributed by atoms with E-state index in [2.05, 4.69) is 6.92 Å². The van der Waals surface area contributed by atoms with Crippen molar-refractivity contribution in [3.05, 3.63) is 23.8 Å². The third-order valence-corrected chi connectivity index (χ3v) is 8.06. The Morgan fingerprint density at radius 1 is 1.43 bits per heavy atom. The Kier molecular flexibility index (Phi) is 3.03. The number of aryl methyl sites for hydroxylation is 1. The second-order valence-corrected chi connectivity index (χ2v) is 9.03. The number of fused-ring (bicyclic) bond motifs is 1. The first-order chi connectivity index (χ1) is 6.76. The molecule has 0 unspecified atom stereocenters. The zero-order valence-corrected chi connectivity index (χ0v) is 14.4. The molecule has 70 valence electrons. The maximum absolute atomic E-state index is 5.97. The summed E-state index contributed by atoms with van der Waals surface area (Å²) in [6.45, 7) is 2.06. The van der Waals surface area contributed by atoms with E-state index in [0.717, 1.165) is 20.0 Å². The summed E-state index contributed by atoms with van der Waals surface area (Å²) in [6, 6.07) is 5.84. The van der Waals surface area contributed by atoms with E-state index < -0.39 is 23.3 Å². The molecule has 0 aliphatic heterocycles. The number of halogens is 1. The van der Waals surface area contributed by atoms with E-state index in [1.165, 1.54) is 5.56 Å². The van der Waals surface area contributed by atoms with Gasteiger partial charge in [0.15, 0.2) is 0 Å². The van der Waals surface area contributed by atoms with Gasteiger partial charge in [-0.1, -0.05) is 0 Å². The first-order valence-corrected chi connectivity index (χ1v) is 13.9. The van der Waals surface area contributed by atoms with Gasteiger partial charge in [-0.3, -0.25) is 0 Å². The Balaban J connectivity index is 2.68. The van der Waals surface area contributed by atoms with Crippen LogP contribution >= 0.6 is 8.25 Å². The van der Waals surface area contributed by atoms with E-state index in [1.54, 1.807) is 7.11 Å². The van der Waals surface area contributed by atoms with Crippen LogP contribution in [0.15, 0.2) is 22.6 Å². The second-order valence-electron chi connectivity index (χ2n) is 3.15. The molecule has 0 aliphatic rings. The Bertz CT molecular complexity index is 464. The molecule has 0 aliphatic carbocycles. The first kappa shape index (κ1) is 10.3. The summed E-state index contributed by atoms with van der Waals surface area (Å²) in [7, 11) is 7.64. The summed E-state index contributed by atoms with van der Waals surface area (Å²) in [6.07, 6.45) is 0. The van der Waals surface area contributed by atoms with Crippen molar-refractivity contribution in [3.63, 3.8) is 0 Å². The van der Waals surface area contributed by atoms with E-state index in [0.29, 0.717) is 0 Å². The number of rotatable bonds is 2. The predicted octanol–water partition coefficient (Wildman–Crippen LogP) is 2.61. The van der Waals surface area contributed by atoms with Gasteiger partial charge in [-0.25, -0.2) is 0 Å². The summed E-state index contributed by atoms with van der Waals surface area (Å²) in [5, 5.41) is 1.12. The molecule has 1 heterocycles. The molecule has 0 spiro atoms. The van der Waals surface area contributed by atoms with E-state index >= 15 is 0 Å². The molecule has 4 heteroatoms. The van der Waals surface area contributed by atoms with Crippen LogP contribution in [0.1, 0.15) is 5.56 Å².